The van der Waals surface area contributed by atoms with Gasteiger partial charge in [-0.15, -0.1) is 0 Å². The number of fused-ring (bicyclic) bond motifs is 1. The monoisotopic (exact) mass is 428 g/mol. The van der Waals surface area contributed by atoms with Crippen LogP contribution >= 0.6 is 0 Å². The zero-order valence-electron chi connectivity index (χ0n) is 19.0. The number of ketones is 1. The van der Waals surface area contributed by atoms with Gasteiger partial charge in [0.1, 0.15) is 5.78 Å². The third-order valence-corrected chi connectivity index (χ3v) is 7.25. The number of unbranched alkanes of at least 4 members (excludes halogenated alkanes) is 1. The number of carboxylic acid groups (broad SMARTS) is 1. The molecule has 4 atom stereocenters. The number of esters is 1. The van der Waals surface area contributed by atoms with Gasteiger partial charge in [0.05, 0.1) is 0 Å². The van der Waals surface area contributed by atoms with Crippen molar-refractivity contribution in [2.75, 3.05) is 0 Å². The largest absolute Gasteiger partial charge is 0.481 e. The molecular weight excluding hydrogens is 392 g/mol. The summed E-state index contributed by atoms with van der Waals surface area (Å²) in [7, 11) is 0. The summed E-state index contributed by atoms with van der Waals surface area (Å²) in [6.07, 6.45) is 12.4. The maximum Gasteiger partial charge on any atom is 0.304 e. The highest BCUT2D eigenvalue weighted by atomic mass is 16.6. The molecule has 0 spiro atoms. The number of ether oxygens (including phenoxy) is 1. The normalized spacial score (nSPS) is 30.3. The van der Waals surface area contributed by atoms with Crippen molar-refractivity contribution in [3.05, 3.63) is 11.6 Å². The van der Waals surface area contributed by atoms with Gasteiger partial charge in [-0.25, -0.2) is 0 Å². The molecule has 0 aliphatic heterocycles. The van der Waals surface area contributed by atoms with Crippen LogP contribution in [-0.4, -0.2) is 28.4 Å². The molecule has 170 valence electrons. The number of carbonyl (C=O) groups excluding carboxylic acids is 2. The molecule has 3 fully saturated rings. The molecule has 3 aliphatic rings. The van der Waals surface area contributed by atoms with Gasteiger partial charge in [0, 0.05) is 25.7 Å². The first-order valence-electron chi connectivity index (χ1n) is 11.9. The van der Waals surface area contributed by atoms with Gasteiger partial charge in [0.2, 0.25) is 0 Å². The van der Waals surface area contributed by atoms with Gasteiger partial charge in [0.25, 0.3) is 0 Å². The Morgan fingerprint density at radius 1 is 1.16 bits per heavy atom. The standard InChI is InChI=1S/C26H36O5/c1-18(27)14-21-17-22-15-20(8-4-5-9-25(29)30)16-24(22)23(21)10-13-26(31-19(2)28)11-6-3-7-12-26/h8,21-24H,3-7,9,11-12,14-17H2,1-2H3,(H,29,30)/t21-,22?,23-,24?/m0/s1. The van der Waals surface area contributed by atoms with E-state index >= 15 is 0 Å². The maximum atomic E-state index is 11.9. The molecular formula is C26H36O5. The van der Waals surface area contributed by atoms with Crippen molar-refractivity contribution in [1.29, 1.82) is 0 Å². The van der Waals surface area contributed by atoms with Crippen LogP contribution in [0.5, 0.6) is 0 Å². The maximum absolute atomic E-state index is 11.9. The van der Waals surface area contributed by atoms with Crippen molar-refractivity contribution in [2.24, 2.45) is 23.7 Å². The van der Waals surface area contributed by atoms with Crippen molar-refractivity contribution >= 4 is 17.7 Å². The minimum Gasteiger partial charge on any atom is -0.481 e. The van der Waals surface area contributed by atoms with Gasteiger partial charge in [-0.05, 0) is 82.5 Å². The predicted molar refractivity (Wildman–Crippen MR) is 118 cm³/mol. The molecule has 5 nitrogen and oxygen atoms in total. The lowest BCUT2D eigenvalue weighted by Gasteiger charge is -2.32. The van der Waals surface area contributed by atoms with E-state index in [1.54, 1.807) is 6.92 Å². The molecule has 0 saturated heterocycles. The average Bonchev–Trinajstić information content (AvgIpc) is 3.20. The Morgan fingerprint density at radius 2 is 1.90 bits per heavy atom. The number of Topliss-reactive ketones (excluding diaryl/α,β-unsaturated/α-hetero) is 1. The molecule has 0 heterocycles. The lowest BCUT2D eigenvalue weighted by molar-refractivity contribution is -0.153. The molecule has 31 heavy (non-hydrogen) atoms. The van der Waals surface area contributed by atoms with Crippen molar-refractivity contribution in [3.63, 3.8) is 0 Å². The van der Waals surface area contributed by atoms with Gasteiger partial charge in [-0.1, -0.05) is 29.9 Å². The molecule has 5 heteroatoms. The summed E-state index contributed by atoms with van der Waals surface area (Å²) in [5.41, 5.74) is 0.762. The van der Waals surface area contributed by atoms with Crippen molar-refractivity contribution < 1.29 is 24.2 Å². The summed E-state index contributed by atoms with van der Waals surface area (Å²) in [6, 6.07) is 0. The summed E-state index contributed by atoms with van der Waals surface area (Å²) in [4.78, 5) is 34.4. The van der Waals surface area contributed by atoms with Gasteiger partial charge < -0.3 is 14.6 Å². The number of carboxylic acids is 1. The quantitative estimate of drug-likeness (QED) is 0.265. The molecule has 2 unspecified atom stereocenters. The summed E-state index contributed by atoms with van der Waals surface area (Å²) in [6.45, 7) is 3.12. The van der Waals surface area contributed by atoms with Crippen LogP contribution in [0.2, 0.25) is 0 Å². The second-order valence-corrected chi connectivity index (χ2v) is 9.83. The van der Waals surface area contributed by atoms with E-state index in [0.29, 0.717) is 24.7 Å². The average molecular weight is 429 g/mol. The SMILES string of the molecule is CC(=O)C[C@H]1CC2CC(=CCCCC(=O)O)CC2[C@H]1C#CC1(OC(C)=O)CCCCC1. The fourth-order valence-electron chi connectivity index (χ4n) is 6.00. The molecule has 0 aromatic carbocycles. The van der Waals surface area contributed by atoms with Gasteiger partial charge in [0.15, 0.2) is 5.60 Å². The Morgan fingerprint density at radius 3 is 2.55 bits per heavy atom. The summed E-state index contributed by atoms with van der Waals surface area (Å²) >= 11 is 0. The molecule has 0 aromatic heterocycles. The van der Waals surface area contributed by atoms with E-state index in [4.69, 9.17) is 9.84 Å². The number of allylic oxidation sites excluding steroid dienone is 2. The van der Waals surface area contributed by atoms with Crippen LogP contribution in [0, 0.1) is 35.5 Å². The minimum absolute atomic E-state index is 0.160. The lowest BCUT2D eigenvalue weighted by Crippen LogP contribution is -2.35. The van der Waals surface area contributed by atoms with E-state index in [1.165, 1.54) is 12.5 Å². The highest BCUT2D eigenvalue weighted by molar-refractivity contribution is 5.75. The van der Waals surface area contributed by atoms with Crippen LogP contribution in [-0.2, 0) is 19.1 Å². The fraction of sp³-hybridized carbons (Fsp3) is 0.731. The molecule has 3 aliphatic carbocycles. The number of hydrogen-bond donors (Lipinski definition) is 1. The van der Waals surface area contributed by atoms with Crippen LogP contribution in [0.3, 0.4) is 0 Å². The van der Waals surface area contributed by atoms with Crippen LogP contribution in [0.4, 0.5) is 0 Å². The van der Waals surface area contributed by atoms with Crippen molar-refractivity contribution in [2.45, 2.75) is 96.5 Å². The molecule has 0 radical (unpaired) electrons. The van der Waals surface area contributed by atoms with E-state index in [1.807, 2.05) is 0 Å². The number of carbonyl (C=O) groups is 3. The van der Waals surface area contributed by atoms with E-state index in [9.17, 15) is 14.4 Å². The molecule has 0 amide bonds. The lowest BCUT2D eigenvalue weighted by atomic mass is 9.81. The first kappa shape index (κ1) is 23.6. The number of hydrogen-bond acceptors (Lipinski definition) is 4. The zero-order chi connectivity index (χ0) is 22.4. The van der Waals surface area contributed by atoms with Gasteiger partial charge in [-0.3, -0.25) is 9.59 Å². The Bertz CT molecular complexity index is 777. The Labute approximate surface area is 186 Å². The van der Waals surface area contributed by atoms with Crippen molar-refractivity contribution in [3.8, 4) is 11.8 Å². The highest BCUT2D eigenvalue weighted by Crippen LogP contribution is 2.53. The van der Waals surface area contributed by atoms with E-state index in [-0.39, 0.29) is 30.0 Å². The molecule has 1 N–H and O–H groups in total. The van der Waals surface area contributed by atoms with E-state index < -0.39 is 11.6 Å². The Hall–Kier alpha value is -2.09. The second kappa shape index (κ2) is 10.5. The fourth-order valence-corrected chi connectivity index (χ4v) is 6.00. The van der Waals surface area contributed by atoms with Gasteiger partial charge in [-0.2, -0.15) is 0 Å². The third kappa shape index (κ3) is 6.45. The van der Waals surface area contributed by atoms with Crippen LogP contribution in [0.25, 0.3) is 0 Å². The molecule has 0 bridgehead atoms. The predicted octanol–water partition coefficient (Wildman–Crippen LogP) is 5.08. The molecule has 3 rings (SSSR count). The Kier molecular flexibility index (Phi) is 7.97. The molecule has 3 saturated carbocycles. The highest BCUT2D eigenvalue weighted by Gasteiger charge is 2.46. The van der Waals surface area contributed by atoms with Crippen LogP contribution in [0.15, 0.2) is 11.6 Å². The van der Waals surface area contributed by atoms with Crippen LogP contribution < -0.4 is 0 Å². The minimum atomic E-state index is -0.742. The summed E-state index contributed by atoms with van der Waals surface area (Å²) < 4.78 is 5.73. The van der Waals surface area contributed by atoms with Gasteiger partial charge >= 0.3 is 11.9 Å². The smallest absolute Gasteiger partial charge is 0.304 e. The number of rotatable bonds is 7. The Balaban J connectivity index is 1.75. The summed E-state index contributed by atoms with van der Waals surface area (Å²) in [5, 5.41) is 8.82. The first-order chi connectivity index (χ1) is 14.8. The topological polar surface area (TPSA) is 80.7 Å². The van der Waals surface area contributed by atoms with E-state index in [0.717, 1.165) is 57.8 Å². The third-order valence-electron chi connectivity index (χ3n) is 7.25. The first-order valence-corrected chi connectivity index (χ1v) is 11.9. The summed E-state index contributed by atoms with van der Waals surface area (Å²) in [5.74, 6) is 7.60. The zero-order valence-corrected chi connectivity index (χ0v) is 19.0. The second-order valence-electron chi connectivity index (χ2n) is 9.83. The molecule has 0 aromatic rings. The van der Waals surface area contributed by atoms with Crippen LogP contribution in [0.1, 0.15) is 90.9 Å². The van der Waals surface area contributed by atoms with Crippen molar-refractivity contribution in [1.82, 2.24) is 0 Å². The van der Waals surface area contributed by atoms with E-state index in [2.05, 4.69) is 17.9 Å². The number of aliphatic carboxylic acids is 1.